The van der Waals surface area contributed by atoms with Crippen LogP contribution < -0.4 is 20.1 Å². The predicted molar refractivity (Wildman–Crippen MR) is 109 cm³/mol. The van der Waals surface area contributed by atoms with E-state index in [4.69, 9.17) is 21.1 Å². The molecule has 8 heteroatoms. The topological polar surface area (TPSA) is 85.4 Å². The molecule has 0 aliphatic heterocycles. The molecule has 0 unspecified atom stereocenters. The molecule has 0 aliphatic carbocycles. The Balaban J connectivity index is 1.82. The van der Waals surface area contributed by atoms with Gasteiger partial charge in [0.05, 0.1) is 19.9 Å². The molecule has 0 aliphatic rings. The summed E-state index contributed by atoms with van der Waals surface area (Å²) in [5, 5.41) is 6.44. The maximum Gasteiger partial charge on any atom is 0.274 e. The lowest BCUT2D eigenvalue weighted by molar-refractivity contribution is 0.102. The largest absolute Gasteiger partial charge is 0.497 e. The third-order valence-corrected chi connectivity index (χ3v) is 4.47. The van der Waals surface area contributed by atoms with Crippen LogP contribution in [0.1, 0.15) is 16.1 Å². The third kappa shape index (κ3) is 4.32. The van der Waals surface area contributed by atoms with Crippen LogP contribution in [0.4, 0.5) is 17.3 Å². The summed E-state index contributed by atoms with van der Waals surface area (Å²) in [6, 6.07) is 12.1. The van der Waals surface area contributed by atoms with Crippen molar-refractivity contribution in [3.8, 4) is 11.5 Å². The second-order valence-corrected chi connectivity index (χ2v) is 6.23. The Labute approximate surface area is 167 Å². The highest BCUT2D eigenvalue weighted by atomic mass is 35.5. The van der Waals surface area contributed by atoms with Crippen molar-refractivity contribution in [3.05, 3.63) is 64.9 Å². The summed E-state index contributed by atoms with van der Waals surface area (Å²) in [5.74, 6) is 1.12. The lowest BCUT2D eigenvalue weighted by Gasteiger charge is -2.12. The van der Waals surface area contributed by atoms with Crippen LogP contribution >= 0.6 is 11.6 Å². The van der Waals surface area contributed by atoms with Gasteiger partial charge in [0, 0.05) is 23.0 Å². The second kappa shape index (κ2) is 8.58. The average Bonchev–Trinajstić information content (AvgIpc) is 2.71. The highest BCUT2D eigenvalue weighted by Gasteiger charge is 2.13. The summed E-state index contributed by atoms with van der Waals surface area (Å²) >= 11 is 6.10. The first kappa shape index (κ1) is 19.4. The molecular formula is C20H19ClN4O3. The molecule has 0 bridgehead atoms. The fourth-order valence-corrected chi connectivity index (χ4v) is 2.68. The molecule has 7 nitrogen and oxygen atoms in total. The van der Waals surface area contributed by atoms with Gasteiger partial charge in [0.2, 0.25) is 5.95 Å². The molecule has 1 heterocycles. The molecule has 28 heavy (non-hydrogen) atoms. The van der Waals surface area contributed by atoms with Crippen LogP contribution in [0, 0.1) is 6.92 Å². The van der Waals surface area contributed by atoms with Crippen molar-refractivity contribution in [2.45, 2.75) is 6.92 Å². The van der Waals surface area contributed by atoms with Crippen molar-refractivity contribution in [1.29, 1.82) is 0 Å². The zero-order valence-electron chi connectivity index (χ0n) is 15.6. The fourth-order valence-electron chi connectivity index (χ4n) is 2.51. The first-order valence-electron chi connectivity index (χ1n) is 8.40. The Hall–Kier alpha value is -3.32. The smallest absolute Gasteiger partial charge is 0.274 e. The Kier molecular flexibility index (Phi) is 5.96. The van der Waals surface area contributed by atoms with Crippen LogP contribution in [0.15, 0.2) is 48.7 Å². The summed E-state index contributed by atoms with van der Waals surface area (Å²) in [7, 11) is 3.13. The van der Waals surface area contributed by atoms with Crippen LogP contribution in [0.3, 0.4) is 0 Å². The van der Waals surface area contributed by atoms with Gasteiger partial charge in [0.25, 0.3) is 5.91 Å². The van der Waals surface area contributed by atoms with Crippen molar-refractivity contribution in [2.75, 3.05) is 24.9 Å². The van der Waals surface area contributed by atoms with Gasteiger partial charge in [-0.25, -0.2) is 9.97 Å². The molecule has 2 aromatic carbocycles. The molecule has 0 spiro atoms. The number of hydrogen-bond acceptors (Lipinski definition) is 6. The number of carbonyl (C=O) groups is 1. The average molecular weight is 399 g/mol. The molecule has 0 radical (unpaired) electrons. The van der Waals surface area contributed by atoms with E-state index >= 15 is 0 Å². The van der Waals surface area contributed by atoms with Crippen molar-refractivity contribution in [2.24, 2.45) is 0 Å². The SMILES string of the molecule is COc1ccc(OC)c(Nc2nccc(C(=O)Nc3cccc(Cl)c3C)n2)c1. The monoisotopic (exact) mass is 398 g/mol. The van der Waals surface area contributed by atoms with E-state index in [0.717, 1.165) is 5.56 Å². The summed E-state index contributed by atoms with van der Waals surface area (Å²) < 4.78 is 10.6. The molecule has 2 N–H and O–H groups in total. The van der Waals surface area contributed by atoms with Crippen LogP contribution in [0.25, 0.3) is 0 Å². The standard InChI is InChI=1S/C20H19ClN4O3/c1-12-14(21)5-4-6-15(12)23-19(26)16-9-10-22-20(24-16)25-17-11-13(27-2)7-8-18(17)28-3/h4-11H,1-3H3,(H,23,26)(H,22,24,25). The number of benzene rings is 2. The van der Waals surface area contributed by atoms with E-state index < -0.39 is 0 Å². The van der Waals surface area contributed by atoms with E-state index in [1.54, 1.807) is 50.6 Å². The Morgan fingerprint density at radius 1 is 1.07 bits per heavy atom. The number of ether oxygens (including phenoxy) is 2. The van der Waals surface area contributed by atoms with Gasteiger partial charge in [-0.15, -0.1) is 0 Å². The van der Waals surface area contributed by atoms with Gasteiger partial charge in [-0.2, -0.15) is 0 Å². The van der Waals surface area contributed by atoms with E-state index in [1.807, 2.05) is 6.92 Å². The van der Waals surface area contributed by atoms with Gasteiger partial charge in [-0.05, 0) is 42.8 Å². The van der Waals surface area contributed by atoms with E-state index in [9.17, 15) is 4.79 Å². The molecule has 1 amide bonds. The summed E-state index contributed by atoms with van der Waals surface area (Å²) in [6.07, 6.45) is 1.50. The molecular weight excluding hydrogens is 380 g/mol. The highest BCUT2D eigenvalue weighted by Crippen LogP contribution is 2.30. The van der Waals surface area contributed by atoms with E-state index in [-0.39, 0.29) is 17.5 Å². The number of aromatic nitrogens is 2. The normalized spacial score (nSPS) is 10.3. The fraction of sp³-hybridized carbons (Fsp3) is 0.150. The number of carbonyl (C=O) groups excluding carboxylic acids is 1. The van der Waals surface area contributed by atoms with Crippen LogP contribution in [-0.4, -0.2) is 30.1 Å². The predicted octanol–water partition coefficient (Wildman–Crippen LogP) is 4.45. The number of hydrogen-bond donors (Lipinski definition) is 2. The first-order valence-corrected chi connectivity index (χ1v) is 8.78. The van der Waals surface area contributed by atoms with Crippen molar-refractivity contribution in [3.63, 3.8) is 0 Å². The zero-order valence-corrected chi connectivity index (χ0v) is 16.4. The Morgan fingerprint density at radius 3 is 2.64 bits per heavy atom. The molecule has 1 aromatic heterocycles. The molecule has 0 fully saturated rings. The number of nitrogens with one attached hydrogen (secondary N) is 2. The van der Waals surface area contributed by atoms with Gasteiger partial charge in [0.1, 0.15) is 17.2 Å². The van der Waals surface area contributed by atoms with E-state index in [1.165, 1.54) is 12.3 Å². The summed E-state index contributed by atoms with van der Waals surface area (Å²) in [6.45, 7) is 1.83. The van der Waals surface area contributed by atoms with Crippen molar-refractivity contribution < 1.29 is 14.3 Å². The number of anilines is 3. The second-order valence-electron chi connectivity index (χ2n) is 5.82. The number of halogens is 1. The van der Waals surface area contributed by atoms with Crippen molar-refractivity contribution in [1.82, 2.24) is 9.97 Å². The van der Waals surface area contributed by atoms with Gasteiger partial charge in [0.15, 0.2) is 0 Å². The lowest BCUT2D eigenvalue weighted by Crippen LogP contribution is -2.15. The van der Waals surface area contributed by atoms with Crippen LogP contribution in [-0.2, 0) is 0 Å². The van der Waals surface area contributed by atoms with Gasteiger partial charge in [-0.3, -0.25) is 4.79 Å². The molecule has 0 atom stereocenters. The molecule has 3 rings (SSSR count). The van der Waals surface area contributed by atoms with Gasteiger partial charge in [-0.1, -0.05) is 17.7 Å². The number of amides is 1. The minimum absolute atomic E-state index is 0.207. The minimum Gasteiger partial charge on any atom is -0.497 e. The lowest BCUT2D eigenvalue weighted by atomic mass is 10.2. The maximum atomic E-state index is 12.6. The van der Waals surface area contributed by atoms with Crippen LogP contribution in [0.5, 0.6) is 11.5 Å². The number of methoxy groups -OCH3 is 2. The van der Waals surface area contributed by atoms with Crippen LogP contribution in [0.2, 0.25) is 5.02 Å². The summed E-state index contributed by atoms with van der Waals surface area (Å²) in [4.78, 5) is 21.0. The molecule has 144 valence electrons. The third-order valence-electron chi connectivity index (χ3n) is 4.06. The van der Waals surface area contributed by atoms with Crippen molar-refractivity contribution >= 4 is 34.8 Å². The highest BCUT2D eigenvalue weighted by molar-refractivity contribution is 6.31. The Bertz CT molecular complexity index is 1010. The van der Waals surface area contributed by atoms with E-state index in [0.29, 0.717) is 27.9 Å². The molecule has 0 saturated carbocycles. The van der Waals surface area contributed by atoms with Gasteiger partial charge < -0.3 is 20.1 Å². The minimum atomic E-state index is -0.367. The quantitative estimate of drug-likeness (QED) is 0.638. The summed E-state index contributed by atoms with van der Waals surface area (Å²) in [5.41, 5.74) is 2.23. The maximum absolute atomic E-state index is 12.6. The first-order chi connectivity index (χ1) is 13.5. The molecule has 0 saturated heterocycles. The Morgan fingerprint density at radius 2 is 1.89 bits per heavy atom. The zero-order chi connectivity index (χ0) is 20.1. The van der Waals surface area contributed by atoms with Gasteiger partial charge >= 0.3 is 0 Å². The number of rotatable bonds is 6. The number of nitrogens with zero attached hydrogens (tertiary/aromatic N) is 2. The molecule has 3 aromatic rings. The van der Waals surface area contributed by atoms with E-state index in [2.05, 4.69) is 20.6 Å².